The van der Waals surface area contributed by atoms with Crippen LogP contribution in [0.3, 0.4) is 0 Å². The fourth-order valence-corrected chi connectivity index (χ4v) is 4.36. The first kappa shape index (κ1) is 31.0. The van der Waals surface area contributed by atoms with E-state index in [4.69, 9.17) is 15.2 Å². The van der Waals surface area contributed by atoms with E-state index in [1.165, 1.54) is 12.1 Å². The quantitative estimate of drug-likeness (QED) is 0.185. The normalized spacial score (nSPS) is 17.5. The second-order valence-corrected chi connectivity index (χ2v) is 10.5. The molecule has 0 saturated carbocycles. The number of ether oxygens (including phenoxy) is 2. The minimum Gasteiger partial charge on any atom is -0.481 e. The Morgan fingerprint density at radius 3 is 2.22 bits per heavy atom. The molecule has 1 aliphatic heterocycles. The Kier molecular flexibility index (Phi) is 9.56. The Morgan fingerprint density at radius 2 is 1.62 bits per heavy atom. The zero-order chi connectivity index (χ0) is 31.8. The maximum Gasteiger partial charge on any atom is 0.314 e. The standard InChI is InChI=1S/C26H24FN5O4.C7H7NO/c1-26(24(33)34)14-35-23(36-15-26)22-31-20(17-7-9-18(27)10-8-17)21(32-22)19-11-12-28-25(30-19)29-13-16-5-3-2-4-6-16;8-7(9)6-4-2-1-3-5-6/h2-12,23H,13-15H2,1H3,(H,31,32)(H,33,34)(H,28,29,30);1-5H,(H2,8,9). The molecule has 45 heavy (non-hydrogen) atoms. The van der Waals surface area contributed by atoms with Crippen LogP contribution < -0.4 is 11.1 Å². The SMILES string of the molecule is CC1(C(=O)O)COC(c2nc(-c3ccc(F)cc3)c(-c3ccnc(NCc4ccccc4)n3)[nH]2)OC1.NC(=O)c1ccccc1. The summed E-state index contributed by atoms with van der Waals surface area (Å²) in [6.45, 7) is 2.05. The van der Waals surface area contributed by atoms with Crippen molar-refractivity contribution in [2.75, 3.05) is 18.5 Å². The van der Waals surface area contributed by atoms with E-state index in [0.29, 0.717) is 46.5 Å². The summed E-state index contributed by atoms with van der Waals surface area (Å²) in [5, 5.41) is 12.6. The highest BCUT2D eigenvalue weighted by molar-refractivity contribution is 5.92. The van der Waals surface area contributed by atoms with Crippen molar-refractivity contribution in [3.05, 3.63) is 120 Å². The number of aliphatic carboxylic acids is 1. The second-order valence-electron chi connectivity index (χ2n) is 10.5. The molecule has 6 rings (SSSR count). The van der Waals surface area contributed by atoms with Gasteiger partial charge in [-0.15, -0.1) is 0 Å². The number of benzene rings is 3. The van der Waals surface area contributed by atoms with E-state index in [1.54, 1.807) is 55.6 Å². The zero-order valence-electron chi connectivity index (χ0n) is 24.3. The number of amides is 1. The minimum atomic E-state index is -1.14. The molecule has 11 nitrogen and oxygen atoms in total. The lowest BCUT2D eigenvalue weighted by molar-refractivity contribution is -0.236. The molecular formula is C33H31FN6O5. The number of nitrogens with zero attached hydrogens (tertiary/aromatic N) is 3. The van der Waals surface area contributed by atoms with Gasteiger partial charge in [-0.1, -0.05) is 48.5 Å². The number of halogens is 1. The Balaban J connectivity index is 0.000000383. The van der Waals surface area contributed by atoms with Crippen molar-refractivity contribution < 1.29 is 28.6 Å². The van der Waals surface area contributed by atoms with Crippen LogP contribution in [-0.4, -0.2) is 50.1 Å². The van der Waals surface area contributed by atoms with Crippen molar-refractivity contribution in [1.82, 2.24) is 19.9 Å². The van der Waals surface area contributed by atoms with Crippen molar-refractivity contribution >= 4 is 17.8 Å². The van der Waals surface area contributed by atoms with Gasteiger partial charge in [0.15, 0.2) is 5.82 Å². The van der Waals surface area contributed by atoms with Gasteiger partial charge in [0, 0.05) is 23.9 Å². The summed E-state index contributed by atoms with van der Waals surface area (Å²) in [5.41, 5.74) is 7.79. The molecule has 1 aliphatic rings. The lowest BCUT2D eigenvalue weighted by Gasteiger charge is -2.33. The molecule has 0 unspecified atom stereocenters. The molecular weight excluding hydrogens is 579 g/mol. The van der Waals surface area contributed by atoms with Crippen LogP contribution in [0.4, 0.5) is 10.3 Å². The highest BCUT2D eigenvalue weighted by Crippen LogP contribution is 2.35. The van der Waals surface area contributed by atoms with E-state index in [-0.39, 0.29) is 24.9 Å². The molecule has 5 aromatic rings. The summed E-state index contributed by atoms with van der Waals surface area (Å²) in [5.74, 6) is -0.952. The van der Waals surface area contributed by atoms with Crippen LogP contribution in [0, 0.1) is 11.2 Å². The molecule has 0 aliphatic carbocycles. The summed E-state index contributed by atoms with van der Waals surface area (Å²) < 4.78 is 25.0. The molecule has 230 valence electrons. The van der Waals surface area contributed by atoms with Crippen LogP contribution in [0.25, 0.3) is 22.6 Å². The first-order valence-electron chi connectivity index (χ1n) is 14.0. The third-order valence-corrected chi connectivity index (χ3v) is 6.95. The number of H-pyrrole nitrogens is 1. The third-order valence-electron chi connectivity index (χ3n) is 6.95. The highest BCUT2D eigenvalue weighted by atomic mass is 19.1. The maximum absolute atomic E-state index is 13.6. The van der Waals surface area contributed by atoms with Gasteiger partial charge in [0.2, 0.25) is 18.1 Å². The Bertz CT molecular complexity index is 1740. The van der Waals surface area contributed by atoms with Crippen LogP contribution >= 0.6 is 0 Å². The van der Waals surface area contributed by atoms with Gasteiger partial charge in [-0.05, 0) is 55.0 Å². The third kappa shape index (κ3) is 7.74. The van der Waals surface area contributed by atoms with Crippen molar-refractivity contribution in [2.24, 2.45) is 11.1 Å². The van der Waals surface area contributed by atoms with Crippen LogP contribution in [0.15, 0.2) is 97.2 Å². The number of anilines is 1. The number of carboxylic acid groups (broad SMARTS) is 1. The number of imidazole rings is 1. The van der Waals surface area contributed by atoms with Gasteiger partial charge in [-0.25, -0.2) is 19.3 Å². The summed E-state index contributed by atoms with van der Waals surface area (Å²) in [6, 6.07) is 26.3. The number of primary amides is 1. The van der Waals surface area contributed by atoms with Crippen LogP contribution in [-0.2, 0) is 20.8 Å². The van der Waals surface area contributed by atoms with Gasteiger partial charge in [0.25, 0.3) is 0 Å². The molecule has 0 radical (unpaired) electrons. The maximum atomic E-state index is 13.6. The Labute approximate surface area is 258 Å². The van der Waals surface area contributed by atoms with Gasteiger partial charge >= 0.3 is 5.97 Å². The number of hydrogen-bond acceptors (Lipinski definition) is 8. The molecule has 0 atom stereocenters. The molecule has 3 aromatic carbocycles. The molecule has 5 N–H and O–H groups in total. The highest BCUT2D eigenvalue weighted by Gasteiger charge is 2.41. The molecule has 12 heteroatoms. The fraction of sp³-hybridized carbons (Fsp3) is 0.182. The predicted octanol–water partition coefficient (Wildman–Crippen LogP) is 5.21. The van der Waals surface area contributed by atoms with E-state index in [9.17, 15) is 19.1 Å². The number of carboxylic acids is 1. The average molecular weight is 611 g/mol. The number of nitrogens with two attached hydrogens (primary N) is 1. The largest absolute Gasteiger partial charge is 0.481 e. The van der Waals surface area contributed by atoms with Gasteiger partial charge in [0.05, 0.1) is 30.3 Å². The molecule has 0 bridgehead atoms. The Morgan fingerprint density at radius 1 is 0.978 bits per heavy atom. The summed E-state index contributed by atoms with van der Waals surface area (Å²) in [7, 11) is 0. The molecule has 0 spiro atoms. The zero-order valence-corrected chi connectivity index (χ0v) is 24.3. The molecule has 2 aromatic heterocycles. The first-order chi connectivity index (χ1) is 21.7. The molecule has 1 amide bonds. The first-order valence-corrected chi connectivity index (χ1v) is 14.0. The lowest BCUT2D eigenvalue weighted by Crippen LogP contribution is -2.42. The number of hydrogen-bond donors (Lipinski definition) is 4. The predicted molar refractivity (Wildman–Crippen MR) is 164 cm³/mol. The smallest absolute Gasteiger partial charge is 0.314 e. The van der Waals surface area contributed by atoms with Crippen molar-refractivity contribution in [3.63, 3.8) is 0 Å². The van der Waals surface area contributed by atoms with Crippen LogP contribution in [0.2, 0.25) is 0 Å². The minimum absolute atomic E-state index is 0.0318. The monoisotopic (exact) mass is 610 g/mol. The van der Waals surface area contributed by atoms with Crippen LogP contribution in [0.1, 0.15) is 35.0 Å². The number of carbonyl (C=O) groups is 2. The molecule has 3 heterocycles. The van der Waals surface area contributed by atoms with Gasteiger partial charge < -0.3 is 30.6 Å². The van der Waals surface area contributed by atoms with Gasteiger partial charge in [-0.3, -0.25) is 9.59 Å². The van der Waals surface area contributed by atoms with Gasteiger partial charge in [0.1, 0.15) is 11.2 Å². The summed E-state index contributed by atoms with van der Waals surface area (Å²) in [4.78, 5) is 38.8. The number of rotatable bonds is 8. The van der Waals surface area contributed by atoms with Crippen molar-refractivity contribution in [2.45, 2.75) is 19.8 Å². The second kappa shape index (κ2) is 13.9. The number of nitrogens with one attached hydrogen (secondary N) is 2. The van der Waals surface area contributed by atoms with E-state index >= 15 is 0 Å². The summed E-state index contributed by atoms with van der Waals surface area (Å²) >= 11 is 0. The van der Waals surface area contributed by atoms with E-state index in [1.807, 2.05) is 36.4 Å². The number of aromatic nitrogens is 4. The molecule has 1 saturated heterocycles. The fourth-order valence-electron chi connectivity index (χ4n) is 4.36. The molecule has 1 fully saturated rings. The van der Waals surface area contributed by atoms with E-state index in [2.05, 4.69) is 25.3 Å². The van der Waals surface area contributed by atoms with E-state index < -0.39 is 17.7 Å². The summed E-state index contributed by atoms with van der Waals surface area (Å²) in [6.07, 6.45) is 0.749. The van der Waals surface area contributed by atoms with Crippen molar-refractivity contribution in [1.29, 1.82) is 0 Å². The van der Waals surface area contributed by atoms with Crippen molar-refractivity contribution in [3.8, 4) is 22.6 Å². The van der Waals surface area contributed by atoms with Gasteiger partial charge in [-0.2, -0.15) is 0 Å². The van der Waals surface area contributed by atoms with E-state index in [0.717, 1.165) is 5.56 Å². The van der Waals surface area contributed by atoms with Crippen LogP contribution in [0.5, 0.6) is 0 Å². The number of aromatic amines is 1. The average Bonchev–Trinajstić information content (AvgIpc) is 3.51. The topological polar surface area (TPSA) is 165 Å². The number of carbonyl (C=O) groups excluding carboxylic acids is 1. The lowest BCUT2D eigenvalue weighted by atomic mass is 9.92. The Hall–Kier alpha value is -5.46.